The summed E-state index contributed by atoms with van der Waals surface area (Å²) < 4.78 is 29.7. The molecule has 0 aliphatic rings. The van der Waals surface area contributed by atoms with Crippen molar-refractivity contribution in [2.75, 3.05) is 5.32 Å². The highest BCUT2D eigenvalue weighted by atomic mass is 32.2. The second kappa shape index (κ2) is 9.07. The Hall–Kier alpha value is -3.89. The van der Waals surface area contributed by atoms with Crippen LogP contribution in [0.3, 0.4) is 0 Å². The third-order valence-corrected chi connectivity index (χ3v) is 5.33. The van der Waals surface area contributed by atoms with Crippen LogP contribution in [0.2, 0.25) is 0 Å². The Morgan fingerprint density at radius 1 is 1.00 bits per heavy atom. The van der Waals surface area contributed by atoms with Crippen LogP contribution in [0.4, 0.5) is 5.69 Å². The van der Waals surface area contributed by atoms with Crippen molar-refractivity contribution in [2.45, 2.75) is 11.8 Å². The number of hydrogen-bond donors (Lipinski definition) is 1. The van der Waals surface area contributed by atoms with Gasteiger partial charge in [0.05, 0.1) is 0 Å². The molecule has 3 rings (SSSR count). The monoisotopic (exact) mass is 418 g/mol. The van der Waals surface area contributed by atoms with Gasteiger partial charge in [-0.25, -0.2) is 0 Å². The van der Waals surface area contributed by atoms with E-state index in [-0.39, 0.29) is 16.2 Å². The van der Waals surface area contributed by atoms with Gasteiger partial charge in [0.15, 0.2) is 0 Å². The third-order valence-electron chi connectivity index (χ3n) is 4.07. The Balaban J connectivity index is 1.74. The molecule has 0 aliphatic heterocycles. The lowest BCUT2D eigenvalue weighted by Crippen LogP contribution is -2.13. The molecule has 7 heteroatoms. The number of aryl methyl sites for hydroxylation is 1. The average Bonchev–Trinajstić information content (AvgIpc) is 2.73. The number of benzene rings is 3. The van der Waals surface area contributed by atoms with Crippen molar-refractivity contribution in [3.63, 3.8) is 0 Å². The molecule has 0 saturated heterocycles. The van der Waals surface area contributed by atoms with E-state index in [9.17, 15) is 18.5 Å². The number of carbonyl (C=O) groups excluding carboxylic acids is 1. The van der Waals surface area contributed by atoms with Gasteiger partial charge in [0.2, 0.25) is 0 Å². The van der Waals surface area contributed by atoms with Crippen LogP contribution in [0, 0.1) is 18.3 Å². The zero-order valence-electron chi connectivity index (χ0n) is 16.1. The predicted octanol–water partition coefficient (Wildman–Crippen LogP) is 4.31. The van der Waals surface area contributed by atoms with E-state index in [1.165, 1.54) is 30.3 Å². The average molecular weight is 418 g/mol. The van der Waals surface area contributed by atoms with Crippen molar-refractivity contribution in [1.29, 1.82) is 5.26 Å². The lowest BCUT2D eigenvalue weighted by atomic mass is 10.1. The zero-order chi connectivity index (χ0) is 21.6. The highest BCUT2D eigenvalue weighted by molar-refractivity contribution is 7.87. The van der Waals surface area contributed by atoms with Gasteiger partial charge in [0.25, 0.3) is 5.91 Å². The van der Waals surface area contributed by atoms with Crippen molar-refractivity contribution >= 4 is 27.8 Å². The number of anilines is 1. The van der Waals surface area contributed by atoms with Crippen LogP contribution in [-0.4, -0.2) is 14.3 Å². The highest BCUT2D eigenvalue weighted by Crippen LogP contribution is 2.20. The lowest BCUT2D eigenvalue weighted by Gasteiger charge is -2.07. The molecule has 1 N–H and O–H groups in total. The Labute approximate surface area is 175 Å². The standard InChI is InChI=1S/C23H18N2O4S/c1-17-6-5-7-20(14-17)25-23(26)19(16-24)15-18-10-12-21(13-11-18)29-30(27,28)22-8-3-2-4-9-22/h2-15H,1H3,(H,25,26)/b19-15+. The largest absolute Gasteiger partial charge is 0.379 e. The topological polar surface area (TPSA) is 96.3 Å². The van der Waals surface area contributed by atoms with Crippen LogP contribution >= 0.6 is 0 Å². The van der Waals surface area contributed by atoms with E-state index < -0.39 is 16.0 Å². The number of nitriles is 1. The molecule has 150 valence electrons. The normalized spacial score (nSPS) is 11.4. The number of amides is 1. The van der Waals surface area contributed by atoms with Gasteiger partial charge in [-0.15, -0.1) is 0 Å². The van der Waals surface area contributed by atoms with Crippen LogP contribution in [-0.2, 0) is 14.9 Å². The Bertz CT molecular complexity index is 1230. The molecule has 6 nitrogen and oxygen atoms in total. The number of nitrogens with zero attached hydrogens (tertiary/aromatic N) is 1. The molecule has 0 unspecified atom stereocenters. The van der Waals surface area contributed by atoms with Crippen molar-refractivity contribution in [3.05, 3.63) is 95.6 Å². The summed E-state index contributed by atoms with van der Waals surface area (Å²) in [6.07, 6.45) is 1.42. The molecule has 0 heterocycles. The first-order valence-electron chi connectivity index (χ1n) is 8.97. The molecule has 0 spiro atoms. The second-order valence-electron chi connectivity index (χ2n) is 6.41. The van der Waals surface area contributed by atoms with Gasteiger partial charge >= 0.3 is 10.1 Å². The summed E-state index contributed by atoms with van der Waals surface area (Å²) in [5.74, 6) is -0.409. The van der Waals surface area contributed by atoms with E-state index in [2.05, 4.69) is 5.32 Å². The second-order valence-corrected chi connectivity index (χ2v) is 7.96. The molecule has 3 aromatic rings. The van der Waals surface area contributed by atoms with Crippen LogP contribution < -0.4 is 9.50 Å². The van der Waals surface area contributed by atoms with Gasteiger partial charge in [-0.3, -0.25) is 4.79 Å². The summed E-state index contributed by atoms with van der Waals surface area (Å²) in [6, 6.07) is 23.0. The van der Waals surface area contributed by atoms with Gasteiger partial charge in [-0.2, -0.15) is 13.7 Å². The maximum absolute atomic E-state index is 12.4. The smallest absolute Gasteiger partial charge is 0.339 e. The van der Waals surface area contributed by atoms with Crippen LogP contribution in [0.5, 0.6) is 5.75 Å². The maximum atomic E-state index is 12.4. The zero-order valence-corrected chi connectivity index (χ0v) is 16.9. The van der Waals surface area contributed by atoms with Crippen LogP contribution in [0.15, 0.2) is 89.3 Å². The fourth-order valence-electron chi connectivity index (χ4n) is 2.62. The quantitative estimate of drug-likeness (QED) is 0.366. The summed E-state index contributed by atoms with van der Waals surface area (Å²) >= 11 is 0. The number of carbonyl (C=O) groups is 1. The van der Waals surface area contributed by atoms with Crippen molar-refractivity contribution in [1.82, 2.24) is 0 Å². The van der Waals surface area contributed by atoms with E-state index in [0.29, 0.717) is 11.3 Å². The molecule has 0 saturated carbocycles. The van der Waals surface area contributed by atoms with E-state index in [0.717, 1.165) is 5.56 Å². The summed E-state index contributed by atoms with van der Waals surface area (Å²) in [5, 5.41) is 12.0. The Kier molecular flexibility index (Phi) is 6.30. The van der Waals surface area contributed by atoms with Crippen molar-refractivity contribution in [2.24, 2.45) is 0 Å². The molecule has 0 aromatic heterocycles. The molecular weight excluding hydrogens is 400 g/mol. The van der Waals surface area contributed by atoms with Gasteiger partial charge in [0.1, 0.15) is 22.3 Å². The molecular formula is C23H18N2O4S. The maximum Gasteiger partial charge on any atom is 0.339 e. The van der Waals surface area contributed by atoms with E-state index in [4.69, 9.17) is 4.18 Å². The number of hydrogen-bond acceptors (Lipinski definition) is 5. The first kappa shape index (κ1) is 20.8. The Morgan fingerprint density at radius 2 is 1.70 bits per heavy atom. The molecule has 0 bridgehead atoms. The molecule has 0 fully saturated rings. The summed E-state index contributed by atoms with van der Waals surface area (Å²) in [7, 11) is -3.94. The van der Waals surface area contributed by atoms with Crippen molar-refractivity contribution < 1.29 is 17.4 Å². The first-order chi connectivity index (χ1) is 14.4. The third kappa shape index (κ3) is 5.34. The van der Waals surface area contributed by atoms with E-state index >= 15 is 0 Å². The van der Waals surface area contributed by atoms with Gasteiger partial charge in [-0.1, -0.05) is 42.5 Å². The lowest BCUT2D eigenvalue weighted by molar-refractivity contribution is -0.112. The van der Waals surface area contributed by atoms with Crippen LogP contribution in [0.1, 0.15) is 11.1 Å². The minimum absolute atomic E-state index is 0.0496. The molecule has 3 aromatic carbocycles. The Morgan fingerprint density at radius 3 is 2.33 bits per heavy atom. The SMILES string of the molecule is Cc1cccc(NC(=O)/C(C#N)=C/c2ccc(OS(=O)(=O)c3ccccc3)cc2)c1. The van der Waals surface area contributed by atoms with Gasteiger partial charge in [-0.05, 0) is 60.5 Å². The fraction of sp³-hybridized carbons (Fsp3) is 0.0435. The van der Waals surface area contributed by atoms with Crippen LogP contribution in [0.25, 0.3) is 6.08 Å². The summed E-state index contributed by atoms with van der Waals surface area (Å²) in [6.45, 7) is 1.90. The predicted molar refractivity (Wildman–Crippen MR) is 114 cm³/mol. The summed E-state index contributed by atoms with van der Waals surface area (Å²) in [4.78, 5) is 12.4. The first-order valence-corrected chi connectivity index (χ1v) is 10.4. The molecule has 0 atom stereocenters. The minimum atomic E-state index is -3.94. The van der Waals surface area contributed by atoms with E-state index in [1.807, 2.05) is 25.1 Å². The molecule has 0 radical (unpaired) electrons. The molecule has 30 heavy (non-hydrogen) atoms. The van der Waals surface area contributed by atoms with Gasteiger partial charge < -0.3 is 9.50 Å². The number of nitrogens with one attached hydrogen (secondary N) is 1. The molecule has 0 aliphatic carbocycles. The highest BCUT2D eigenvalue weighted by Gasteiger charge is 2.16. The van der Waals surface area contributed by atoms with E-state index in [1.54, 1.807) is 42.5 Å². The number of rotatable bonds is 6. The van der Waals surface area contributed by atoms with Crippen molar-refractivity contribution in [3.8, 4) is 11.8 Å². The fourth-order valence-corrected chi connectivity index (χ4v) is 3.57. The summed E-state index contributed by atoms with van der Waals surface area (Å²) in [5.41, 5.74) is 2.05. The minimum Gasteiger partial charge on any atom is -0.379 e. The van der Waals surface area contributed by atoms with Gasteiger partial charge in [0, 0.05) is 5.69 Å². The molecule has 1 amide bonds.